The van der Waals surface area contributed by atoms with Crippen LogP contribution in [0, 0.1) is 6.92 Å². The first-order valence-electron chi connectivity index (χ1n) is 12.3. The van der Waals surface area contributed by atoms with Crippen molar-refractivity contribution in [1.82, 2.24) is 15.2 Å². The average Bonchev–Trinajstić information content (AvgIpc) is 3.02. The second kappa shape index (κ2) is 10.5. The molecule has 1 saturated heterocycles. The lowest BCUT2D eigenvalue weighted by atomic mass is 10.1. The number of benzene rings is 2. The number of rotatable bonds is 7. The third kappa shape index (κ3) is 5.28. The Bertz CT molecular complexity index is 1260. The molecule has 36 heavy (non-hydrogen) atoms. The van der Waals surface area contributed by atoms with E-state index in [1.165, 1.54) is 0 Å². The molecule has 2 aliphatic heterocycles. The maximum atomic E-state index is 13.3. The number of anilines is 5. The standard InChI is InChI=1S/C27H32N6O3/c1-17-3-5-20(34)14-23(17)30-22-7-8-29-26-25(22)27(35)32-24-13-19(4-6-21(24)31-26)16-28-15-18(2)33-9-11-36-12-10-33/h3-8,13-14,18,28,34H,9-12,15-16H2,1-2H3,(H,32,35)(H2,29,30,31). The molecule has 1 aromatic heterocycles. The number of phenols is 1. The van der Waals surface area contributed by atoms with Crippen LogP contribution in [0.5, 0.6) is 5.75 Å². The summed E-state index contributed by atoms with van der Waals surface area (Å²) in [5.41, 5.74) is 5.25. The maximum absolute atomic E-state index is 13.3. The van der Waals surface area contributed by atoms with Crippen LogP contribution in [-0.4, -0.2) is 59.8 Å². The normalized spacial score (nSPS) is 16.2. The summed E-state index contributed by atoms with van der Waals surface area (Å²) >= 11 is 0. The maximum Gasteiger partial charge on any atom is 0.261 e. The van der Waals surface area contributed by atoms with E-state index in [0.717, 1.165) is 55.3 Å². The molecule has 9 heteroatoms. The largest absolute Gasteiger partial charge is 0.508 e. The lowest BCUT2D eigenvalue weighted by Gasteiger charge is -2.32. The van der Waals surface area contributed by atoms with Crippen LogP contribution in [0.25, 0.3) is 0 Å². The summed E-state index contributed by atoms with van der Waals surface area (Å²) < 4.78 is 5.44. The minimum absolute atomic E-state index is 0.152. The molecule has 0 radical (unpaired) electrons. The number of fused-ring (bicyclic) bond motifs is 2. The molecule has 0 aliphatic carbocycles. The summed E-state index contributed by atoms with van der Waals surface area (Å²) in [6.07, 6.45) is 1.65. The molecule has 1 atom stereocenters. The number of nitrogens with one attached hydrogen (secondary N) is 4. The Morgan fingerprint density at radius 1 is 1.08 bits per heavy atom. The fourth-order valence-corrected chi connectivity index (χ4v) is 4.58. The van der Waals surface area contributed by atoms with Gasteiger partial charge in [0, 0.05) is 50.2 Å². The SMILES string of the molecule is Cc1ccc(O)cc1Nc1ccnc2c1C(=O)Nc1cc(CNCC(C)N3CCOCC3)ccc1N2. The van der Waals surface area contributed by atoms with Gasteiger partial charge in [-0.15, -0.1) is 0 Å². The summed E-state index contributed by atoms with van der Waals surface area (Å²) in [5, 5.41) is 23.1. The molecule has 5 N–H and O–H groups in total. The van der Waals surface area contributed by atoms with Gasteiger partial charge in [0.25, 0.3) is 5.91 Å². The Kier molecular flexibility index (Phi) is 7.04. The van der Waals surface area contributed by atoms with Gasteiger partial charge in [-0.25, -0.2) is 4.98 Å². The average molecular weight is 489 g/mol. The van der Waals surface area contributed by atoms with E-state index in [-0.39, 0.29) is 11.7 Å². The smallest absolute Gasteiger partial charge is 0.261 e. The Morgan fingerprint density at radius 3 is 2.75 bits per heavy atom. The highest BCUT2D eigenvalue weighted by atomic mass is 16.5. The molecule has 3 aromatic rings. The topological polar surface area (TPSA) is 111 Å². The van der Waals surface area contributed by atoms with Crippen LogP contribution >= 0.6 is 0 Å². The van der Waals surface area contributed by atoms with Gasteiger partial charge >= 0.3 is 0 Å². The molecule has 1 fully saturated rings. The zero-order valence-electron chi connectivity index (χ0n) is 20.6. The highest BCUT2D eigenvalue weighted by Crippen LogP contribution is 2.36. The van der Waals surface area contributed by atoms with Gasteiger partial charge in [0.2, 0.25) is 0 Å². The Balaban J connectivity index is 1.29. The zero-order valence-corrected chi connectivity index (χ0v) is 20.6. The molecular weight excluding hydrogens is 456 g/mol. The van der Waals surface area contributed by atoms with Gasteiger partial charge in [-0.05, 0) is 49.2 Å². The molecule has 3 heterocycles. The number of aryl methyl sites for hydroxylation is 1. The molecule has 1 unspecified atom stereocenters. The van der Waals surface area contributed by atoms with Crippen molar-refractivity contribution >= 4 is 34.5 Å². The highest BCUT2D eigenvalue weighted by molar-refractivity contribution is 6.15. The van der Waals surface area contributed by atoms with E-state index in [1.54, 1.807) is 24.4 Å². The molecule has 0 spiro atoms. The Hall–Kier alpha value is -3.66. The number of carbonyl (C=O) groups excluding carboxylic acids is 1. The predicted octanol–water partition coefficient (Wildman–Crippen LogP) is 3.96. The van der Waals surface area contributed by atoms with Crippen LogP contribution in [0.4, 0.5) is 28.6 Å². The van der Waals surface area contributed by atoms with Gasteiger partial charge in [-0.2, -0.15) is 0 Å². The van der Waals surface area contributed by atoms with Crippen molar-refractivity contribution in [3.63, 3.8) is 0 Å². The van der Waals surface area contributed by atoms with Crippen LogP contribution in [0.1, 0.15) is 28.4 Å². The van der Waals surface area contributed by atoms with E-state index in [1.807, 2.05) is 31.2 Å². The number of aromatic nitrogens is 1. The quantitative estimate of drug-likeness (QED) is 0.340. The monoisotopic (exact) mass is 488 g/mol. The Labute approximate surface area is 210 Å². The van der Waals surface area contributed by atoms with E-state index in [0.29, 0.717) is 35.3 Å². The van der Waals surface area contributed by atoms with Crippen LogP contribution in [-0.2, 0) is 11.3 Å². The van der Waals surface area contributed by atoms with E-state index in [9.17, 15) is 9.90 Å². The minimum atomic E-state index is -0.254. The number of nitrogens with zero attached hydrogens (tertiary/aromatic N) is 2. The number of carbonyl (C=O) groups is 1. The molecule has 9 nitrogen and oxygen atoms in total. The summed E-state index contributed by atoms with van der Waals surface area (Å²) in [4.78, 5) is 20.2. The van der Waals surface area contributed by atoms with E-state index in [2.05, 4.69) is 38.1 Å². The lowest BCUT2D eigenvalue weighted by molar-refractivity contribution is 0.0203. The summed E-state index contributed by atoms with van der Waals surface area (Å²) in [5.74, 6) is 0.369. The zero-order chi connectivity index (χ0) is 25.1. The van der Waals surface area contributed by atoms with Crippen LogP contribution in [0.15, 0.2) is 48.7 Å². The molecule has 2 aliphatic rings. The number of hydrogen-bond acceptors (Lipinski definition) is 8. The van der Waals surface area contributed by atoms with Crippen LogP contribution in [0.3, 0.4) is 0 Å². The number of aromatic hydroxyl groups is 1. The van der Waals surface area contributed by atoms with Gasteiger partial charge < -0.3 is 31.1 Å². The minimum Gasteiger partial charge on any atom is -0.508 e. The third-order valence-electron chi connectivity index (χ3n) is 6.69. The van der Waals surface area contributed by atoms with Crippen LogP contribution in [0.2, 0.25) is 0 Å². The molecule has 188 valence electrons. The molecule has 0 bridgehead atoms. The number of morpholine rings is 1. The summed E-state index contributed by atoms with van der Waals surface area (Å²) in [6, 6.07) is 13.3. The number of pyridine rings is 1. The number of hydrogen-bond donors (Lipinski definition) is 5. The van der Waals surface area contributed by atoms with Crippen molar-refractivity contribution < 1.29 is 14.6 Å². The lowest BCUT2D eigenvalue weighted by Crippen LogP contribution is -2.46. The number of ether oxygens (including phenoxy) is 1. The second-order valence-corrected chi connectivity index (χ2v) is 9.29. The third-order valence-corrected chi connectivity index (χ3v) is 6.69. The number of amides is 1. The van der Waals surface area contributed by atoms with Crippen molar-refractivity contribution in [1.29, 1.82) is 0 Å². The molecule has 1 amide bonds. The summed E-state index contributed by atoms with van der Waals surface area (Å²) in [7, 11) is 0. The van der Waals surface area contributed by atoms with E-state index >= 15 is 0 Å². The van der Waals surface area contributed by atoms with Gasteiger partial charge in [0.15, 0.2) is 0 Å². The first kappa shape index (κ1) is 24.1. The van der Waals surface area contributed by atoms with Gasteiger partial charge in [-0.1, -0.05) is 12.1 Å². The fourth-order valence-electron chi connectivity index (χ4n) is 4.58. The molecule has 0 saturated carbocycles. The van der Waals surface area contributed by atoms with Crippen molar-refractivity contribution in [3.05, 3.63) is 65.4 Å². The van der Waals surface area contributed by atoms with E-state index in [4.69, 9.17) is 4.74 Å². The van der Waals surface area contributed by atoms with E-state index < -0.39 is 0 Å². The van der Waals surface area contributed by atoms with Crippen molar-refractivity contribution in [3.8, 4) is 5.75 Å². The van der Waals surface area contributed by atoms with Crippen molar-refractivity contribution in [2.75, 3.05) is 48.8 Å². The van der Waals surface area contributed by atoms with Crippen molar-refractivity contribution in [2.24, 2.45) is 0 Å². The van der Waals surface area contributed by atoms with Gasteiger partial charge in [0.1, 0.15) is 17.1 Å². The fraction of sp³-hybridized carbons (Fsp3) is 0.333. The molecule has 5 rings (SSSR count). The van der Waals surface area contributed by atoms with Crippen molar-refractivity contribution in [2.45, 2.75) is 26.4 Å². The van der Waals surface area contributed by atoms with Gasteiger partial charge in [-0.3, -0.25) is 9.69 Å². The van der Waals surface area contributed by atoms with Gasteiger partial charge in [0.05, 0.1) is 30.3 Å². The highest BCUT2D eigenvalue weighted by Gasteiger charge is 2.24. The first-order valence-corrected chi connectivity index (χ1v) is 12.3. The predicted molar refractivity (Wildman–Crippen MR) is 142 cm³/mol. The Morgan fingerprint density at radius 2 is 1.92 bits per heavy atom. The first-order chi connectivity index (χ1) is 17.5. The second-order valence-electron chi connectivity index (χ2n) is 9.29. The molecular formula is C27H32N6O3. The molecule has 2 aromatic carbocycles. The number of phenolic OH excluding ortho intramolecular Hbond substituents is 1. The van der Waals surface area contributed by atoms with Crippen LogP contribution < -0.4 is 21.3 Å². The summed E-state index contributed by atoms with van der Waals surface area (Å²) in [6.45, 7) is 9.27.